The third kappa shape index (κ3) is 3.46. The molecule has 3 rings (SSSR count). The zero-order valence-electron chi connectivity index (χ0n) is 13.2. The molecule has 124 valence electrons. The summed E-state index contributed by atoms with van der Waals surface area (Å²) in [5.74, 6) is -0.601. The molecule has 0 aliphatic carbocycles. The molecule has 0 atom stereocenters. The summed E-state index contributed by atoms with van der Waals surface area (Å²) in [6, 6.07) is 16.1. The number of hydrogen-bond donors (Lipinski definition) is 2. The van der Waals surface area contributed by atoms with Crippen molar-refractivity contribution < 1.29 is 14.3 Å². The van der Waals surface area contributed by atoms with Crippen molar-refractivity contribution in [1.82, 2.24) is 9.88 Å². The van der Waals surface area contributed by atoms with Crippen molar-refractivity contribution in [1.29, 1.82) is 0 Å². The highest BCUT2D eigenvalue weighted by molar-refractivity contribution is 5.98. The van der Waals surface area contributed by atoms with Crippen molar-refractivity contribution in [3.8, 4) is 0 Å². The highest BCUT2D eigenvalue weighted by atomic mass is 19.1. The molecule has 1 heterocycles. The van der Waals surface area contributed by atoms with Crippen LogP contribution in [0.4, 0.5) is 4.39 Å². The number of rotatable bonds is 6. The van der Waals surface area contributed by atoms with Gasteiger partial charge in [0, 0.05) is 24.0 Å². The van der Waals surface area contributed by atoms with Crippen LogP contribution in [0.15, 0.2) is 54.6 Å². The van der Waals surface area contributed by atoms with E-state index in [0.717, 1.165) is 5.56 Å². The second-order valence-electron chi connectivity index (χ2n) is 5.64. The van der Waals surface area contributed by atoms with Crippen molar-refractivity contribution in [3.63, 3.8) is 0 Å². The number of aliphatic hydroxyl groups is 1. The Balaban J connectivity index is 1.78. The van der Waals surface area contributed by atoms with Crippen molar-refractivity contribution in [2.24, 2.45) is 0 Å². The molecule has 24 heavy (non-hydrogen) atoms. The molecule has 0 aliphatic heterocycles. The van der Waals surface area contributed by atoms with Crippen LogP contribution in [-0.4, -0.2) is 40.6 Å². The van der Waals surface area contributed by atoms with Gasteiger partial charge in [-0.1, -0.05) is 36.4 Å². The molecule has 0 unspecified atom stereocenters. The lowest BCUT2D eigenvalue weighted by molar-refractivity contribution is 0.0719. The standard InChI is InChI=1S/C19H19FN2O2/c20-16-7-4-8-17-15(16)13-18(21-17)19(24)22(11-12-23)10-9-14-5-2-1-3-6-14/h1-8,13,21,23H,9-12H2. The molecule has 2 N–H and O–H groups in total. The Hall–Kier alpha value is -2.66. The van der Waals surface area contributed by atoms with Gasteiger partial charge in [-0.15, -0.1) is 0 Å². The molecule has 0 saturated heterocycles. The first-order valence-electron chi connectivity index (χ1n) is 7.90. The molecule has 0 radical (unpaired) electrons. The van der Waals surface area contributed by atoms with Crippen molar-refractivity contribution >= 4 is 16.8 Å². The topological polar surface area (TPSA) is 56.3 Å². The number of benzene rings is 2. The van der Waals surface area contributed by atoms with E-state index in [2.05, 4.69) is 4.98 Å². The van der Waals surface area contributed by atoms with E-state index in [9.17, 15) is 14.3 Å². The fraction of sp³-hybridized carbons (Fsp3) is 0.211. The molecule has 0 saturated carbocycles. The minimum atomic E-state index is -0.360. The zero-order valence-corrected chi connectivity index (χ0v) is 13.2. The Morgan fingerprint density at radius 2 is 1.88 bits per heavy atom. The molecule has 4 nitrogen and oxygen atoms in total. The van der Waals surface area contributed by atoms with Crippen LogP contribution in [0, 0.1) is 5.82 Å². The second kappa shape index (κ2) is 7.27. The summed E-state index contributed by atoms with van der Waals surface area (Å²) in [5, 5.41) is 9.65. The summed E-state index contributed by atoms with van der Waals surface area (Å²) in [5.41, 5.74) is 2.04. The van der Waals surface area contributed by atoms with Crippen molar-refractivity contribution in [2.75, 3.05) is 19.7 Å². The normalized spacial score (nSPS) is 10.9. The highest BCUT2D eigenvalue weighted by Crippen LogP contribution is 2.19. The van der Waals surface area contributed by atoms with Gasteiger partial charge in [-0.05, 0) is 30.2 Å². The number of halogens is 1. The fourth-order valence-corrected chi connectivity index (χ4v) is 2.75. The number of aromatic amines is 1. The van der Waals surface area contributed by atoms with E-state index < -0.39 is 0 Å². The molecule has 0 spiro atoms. The third-order valence-electron chi connectivity index (χ3n) is 4.01. The number of fused-ring (bicyclic) bond motifs is 1. The number of nitrogens with one attached hydrogen (secondary N) is 1. The Morgan fingerprint density at radius 3 is 2.58 bits per heavy atom. The van der Waals surface area contributed by atoms with Crippen LogP contribution in [0.3, 0.4) is 0 Å². The summed E-state index contributed by atoms with van der Waals surface area (Å²) in [6.45, 7) is 0.611. The summed E-state index contributed by atoms with van der Waals surface area (Å²) in [4.78, 5) is 17.2. The lowest BCUT2D eigenvalue weighted by Gasteiger charge is -2.21. The molecule has 3 aromatic rings. The van der Waals surface area contributed by atoms with Crippen LogP contribution in [-0.2, 0) is 6.42 Å². The Labute approximate surface area is 139 Å². The molecule has 1 aromatic heterocycles. The largest absolute Gasteiger partial charge is 0.395 e. The van der Waals surface area contributed by atoms with Crippen LogP contribution < -0.4 is 0 Å². The number of H-pyrrole nitrogens is 1. The molecule has 2 aromatic carbocycles. The van der Waals surface area contributed by atoms with Gasteiger partial charge in [-0.25, -0.2) is 4.39 Å². The summed E-state index contributed by atoms with van der Waals surface area (Å²) in [7, 11) is 0. The number of amides is 1. The van der Waals surface area contributed by atoms with Gasteiger partial charge < -0.3 is 15.0 Å². The SMILES string of the molecule is O=C(c1cc2c(F)cccc2[nH]1)N(CCO)CCc1ccccc1. The molecular formula is C19H19FN2O2. The van der Waals surface area contributed by atoms with Crippen LogP contribution in [0.2, 0.25) is 0 Å². The fourth-order valence-electron chi connectivity index (χ4n) is 2.75. The number of nitrogens with zero attached hydrogens (tertiary/aromatic N) is 1. The summed E-state index contributed by atoms with van der Waals surface area (Å²) < 4.78 is 13.8. The van der Waals surface area contributed by atoms with Gasteiger partial charge in [0.05, 0.1) is 6.61 Å². The van der Waals surface area contributed by atoms with E-state index in [1.807, 2.05) is 30.3 Å². The molecular weight excluding hydrogens is 307 g/mol. The predicted molar refractivity (Wildman–Crippen MR) is 91.4 cm³/mol. The maximum absolute atomic E-state index is 13.8. The summed E-state index contributed by atoms with van der Waals surface area (Å²) in [6.07, 6.45) is 0.696. The van der Waals surface area contributed by atoms with Gasteiger partial charge in [0.15, 0.2) is 0 Å². The van der Waals surface area contributed by atoms with Gasteiger partial charge in [0.2, 0.25) is 0 Å². The number of hydrogen-bond acceptors (Lipinski definition) is 2. The molecule has 5 heteroatoms. The van der Waals surface area contributed by atoms with Gasteiger partial charge in [-0.2, -0.15) is 0 Å². The maximum Gasteiger partial charge on any atom is 0.270 e. The van der Waals surface area contributed by atoms with Gasteiger partial charge >= 0.3 is 0 Å². The van der Waals surface area contributed by atoms with Crippen LogP contribution in [0.5, 0.6) is 0 Å². The minimum Gasteiger partial charge on any atom is -0.395 e. The number of aromatic nitrogens is 1. The van der Waals surface area contributed by atoms with Crippen LogP contribution in [0.1, 0.15) is 16.1 Å². The maximum atomic E-state index is 13.8. The second-order valence-corrected chi connectivity index (χ2v) is 5.64. The smallest absolute Gasteiger partial charge is 0.270 e. The number of carbonyl (C=O) groups is 1. The zero-order chi connectivity index (χ0) is 16.9. The first-order valence-corrected chi connectivity index (χ1v) is 7.90. The lowest BCUT2D eigenvalue weighted by Crippen LogP contribution is -2.35. The van der Waals surface area contributed by atoms with E-state index in [1.54, 1.807) is 17.0 Å². The average Bonchev–Trinajstić information content (AvgIpc) is 3.04. The number of aliphatic hydroxyl groups excluding tert-OH is 1. The first-order chi connectivity index (χ1) is 11.7. The average molecular weight is 326 g/mol. The highest BCUT2D eigenvalue weighted by Gasteiger charge is 2.18. The summed E-state index contributed by atoms with van der Waals surface area (Å²) >= 11 is 0. The Morgan fingerprint density at radius 1 is 1.08 bits per heavy atom. The first kappa shape index (κ1) is 16.2. The van der Waals surface area contributed by atoms with E-state index in [1.165, 1.54) is 12.1 Å². The quantitative estimate of drug-likeness (QED) is 0.732. The van der Waals surface area contributed by atoms with E-state index >= 15 is 0 Å². The van der Waals surface area contributed by atoms with Crippen molar-refractivity contribution in [2.45, 2.75) is 6.42 Å². The molecule has 0 bridgehead atoms. The Bertz CT molecular complexity index is 830. The Kier molecular flexibility index (Phi) is 4.91. The minimum absolute atomic E-state index is 0.116. The predicted octanol–water partition coefficient (Wildman–Crippen LogP) is 2.98. The van der Waals surface area contributed by atoms with Crippen LogP contribution in [0.25, 0.3) is 10.9 Å². The van der Waals surface area contributed by atoms with Gasteiger partial charge in [-0.3, -0.25) is 4.79 Å². The van der Waals surface area contributed by atoms with E-state index in [4.69, 9.17) is 0 Å². The van der Waals surface area contributed by atoms with E-state index in [0.29, 0.717) is 29.6 Å². The van der Waals surface area contributed by atoms with Gasteiger partial charge in [0.1, 0.15) is 11.5 Å². The lowest BCUT2D eigenvalue weighted by atomic mass is 10.1. The van der Waals surface area contributed by atoms with Crippen molar-refractivity contribution in [3.05, 3.63) is 71.7 Å². The van der Waals surface area contributed by atoms with Crippen LogP contribution >= 0.6 is 0 Å². The van der Waals surface area contributed by atoms with Gasteiger partial charge in [0.25, 0.3) is 5.91 Å². The molecule has 1 amide bonds. The molecule has 0 fully saturated rings. The monoisotopic (exact) mass is 326 g/mol. The van der Waals surface area contributed by atoms with E-state index in [-0.39, 0.29) is 24.9 Å². The number of carbonyl (C=O) groups excluding carboxylic acids is 1. The third-order valence-corrected chi connectivity index (χ3v) is 4.01. The molecule has 0 aliphatic rings.